The van der Waals surface area contributed by atoms with Gasteiger partial charge in [0.25, 0.3) is 5.91 Å². The van der Waals surface area contributed by atoms with Gasteiger partial charge in [0.05, 0.1) is 0 Å². The van der Waals surface area contributed by atoms with Crippen molar-refractivity contribution in [3.8, 4) is 5.75 Å². The molecule has 1 aliphatic heterocycles. The van der Waals surface area contributed by atoms with Gasteiger partial charge in [-0.2, -0.15) is 0 Å². The fraction of sp³-hybridized carbons (Fsp3) is 0.467. The number of carbonyl (C=O) groups excluding carboxylic acids is 1. The van der Waals surface area contributed by atoms with Gasteiger partial charge in [-0.1, -0.05) is 12.2 Å². The topological polar surface area (TPSA) is 64.3 Å². The molecule has 2 rings (SSSR count). The van der Waals surface area contributed by atoms with Crippen molar-refractivity contribution in [3.63, 3.8) is 0 Å². The minimum atomic E-state index is -0.412. The second-order valence-corrected chi connectivity index (χ2v) is 5.64. The third-order valence-corrected chi connectivity index (χ3v) is 3.73. The number of hydrogen-bond acceptors (Lipinski definition) is 3. The van der Waals surface area contributed by atoms with Crippen molar-refractivity contribution in [1.29, 1.82) is 0 Å². The van der Waals surface area contributed by atoms with Crippen molar-refractivity contribution in [2.45, 2.75) is 39.2 Å². The Morgan fingerprint density at radius 1 is 1.35 bits per heavy atom. The zero-order valence-electron chi connectivity index (χ0n) is 11.9. The van der Waals surface area contributed by atoms with Crippen LogP contribution in [0.2, 0.25) is 0 Å². The van der Waals surface area contributed by atoms with Crippen LogP contribution in [-0.2, 0) is 4.79 Å². The van der Waals surface area contributed by atoms with E-state index in [1.165, 1.54) is 0 Å². The molecule has 1 aliphatic rings. The summed E-state index contributed by atoms with van der Waals surface area (Å²) in [6.07, 6.45) is 2.34. The van der Waals surface area contributed by atoms with Gasteiger partial charge in [-0.25, -0.2) is 0 Å². The van der Waals surface area contributed by atoms with Crippen molar-refractivity contribution < 1.29 is 9.53 Å². The number of aryl methyl sites for hydroxylation is 2. The molecule has 1 amide bonds. The van der Waals surface area contributed by atoms with Crippen molar-refractivity contribution in [2.75, 3.05) is 6.54 Å². The second-order valence-electron chi connectivity index (χ2n) is 5.20. The molecule has 1 heterocycles. The Kier molecular flexibility index (Phi) is 4.60. The predicted molar refractivity (Wildman–Crippen MR) is 83.1 cm³/mol. The smallest absolute Gasteiger partial charge is 0.261 e. The van der Waals surface area contributed by atoms with Crippen LogP contribution < -0.4 is 15.8 Å². The van der Waals surface area contributed by atoms with Crippen LogP contribution in [0.5, 0.6) is 5.75 Å². The van der Waals surface area contributed by atoms with E-state index < -0.39 is 6.10 Å². The zero-order chi connectivity index (χ0) is 14.7. The standard InChI is InChI=1S/C15H20N2O2S/c1-9-7-11(14(16)20)8-10(2)13(9)19-12-5-3-4-6-17-15(12)18/h7-8,12H,3-6H2,1-2H3,(H2,16,20)(H,17,18). The Morgan fingerprint density at radius 2 is 2.00 bits per heavy atom. The van der Waals surface area contributed by atoms with Gasteiger partial charge in [0.15, 0.2) is 6.10 Å². The molecule has 0 radical (unpaired) electrons. The maximum atomic E-state index is 11.9. The summed E-state index contributed by atoms with van der Waals surface area (Å²) in [5, 5.41) is 2.88. The van der Waals surface area contributed by atoms with Crippen molar-refractivity contribution in [3.05, 3.63) is 28.8 Å². The van der Waals surface area contributed by atoms with Crippen LogP contribution in [0.1, 0.15) is 36.0 Å². The Hall–Kier alpha value is -1.62. The molecule has 1 fully saturated rings. The number of hydrogen-bond donors (Lipinski definition) is 2. The van der Waals surface area contributed by atoms with E-state index in [4.69, 9.17) is 22.7 Å². The number of thiocarbonyl (C=S) groups is 1. The van der Waals surface area contributed by atoms with Gasteiger partial charge in [0.2, 0.25) is 0 Å². The Bertz CT molecular complexity index is 520. The quantitative estimate of drug-likeness (QED) is 0.836. The second kappa shape index (κ2) is 6.22. The van der Waals surface area contributed by atoms with E-state index >= 15 is 0 Å². The highest BCUT2D eigenvalue weighted by atomic mass is 32.1. The predicted octanol–water partition coefficient (Wildman–Crippen LogP) is 1.99. The number of ether oxygens (including phenoxy) is 1. The number of carbonyl (C=O) groups is 1. The highest BCUT2D eigenvalue weighted by molar-refractivity contribution is 7.80. The number of benzene rings is 1. The molecule has 1 aromatic carbocycles. The maximum Gasteiger partial charge on any atom is 0.261 e. The number of nitrogens with one attached hydrogen (secondary N) is 1. The lowest BCUT2D eigenvalue weighted by Crippen LogP contribution is -2.36. The van der Waals surface area contributed by atoms with Gasteiger partial charge in [-0.05, 0) is 56.4 Å². The largest absolute Gasteiger partial charge is 0.480 e. The molecule has 3 N–H and O–H groups in total. The normalized spacial score (nSPS) is 19.1. The number of rotatable bonds is 3. The molecule has 0 aromatic heterocycles. The molecule has 1 unspecified atom stereocenters. The molecular weight excluding hydrogens is 272 g/mol. The summed E-state index contributed by atoms with van der Waals surface area (Å²) in [5.74, 6) is 0.728. The first-order valence-electron chi connectivity index (χ1n) is 6.84. The lowest BCUT2D eigenvalue weighted by Gasteiger charge is -2.20. The van der Waals surface area contributed by atoms with E-state index in [0.717, 1.165) is 48.2 Å². The van der Waals surface area contributed by atoms with E-state index in [2.05, 4.69) is 5.32 Å². The molecular formula is C15H20N2O2S. The molecule has 4 nitrogen and oxygen atoms in total. The summed E-state index contributed by atoms with van der Waals surface area (Å²) >= 11 is 5.00. The SMILES string of the molecule is Cc1cc(C(N)=S)cc(C)c1OC1CCCCNC1=O. The van der Waals surface area contributed by atoms with E-state index in [-0.39, 0.29) is 5.91 Å². The van der Waals surface area contributed by atoms with Gasteiger partial charge in [0, 0.05) is 12.1 Å². The highest BCUT2D eigenvalue weighted by Crippen LogP contribution is 2.27. The van der Waals surface area contributed by atoms with Crippen LogP contribution in [-0.4, -0.2) is 23.5 Å². The number of nitrogens with two attached hydrogens (primary N) is 1. The van der Waals surface area contributed by atoms with Gasteiger partial charge in [-0.15, -0.1) is 0 Å². The summed E-state index contributed by atoms with van der Waals surface area (Å²) in [5.41, 5.74) is 8.38. The Balaban J connectivity index is 2.24. The minimum Gasteiger partial charge on any atom is -0.480 e. The summed E-state index contributed by atoms with van der Waals surface area (Å²) in [4.78, 5) is 12.3. The molecule has 1 saturated heterocycles. The number of amides is 1. The Morgan fingerprint density at radius 3 is 2.60 bits per heavy atom. The average Bonchev–Trinajstić information content (AvgIpc) is 2.58. The monoisotopic (exact) mass is 292 g/mol. The van der Waals surface area contributed by atoms with Crippen LogP contribution in [0.25, 0.3) is 0 Å². The lowest BCUT2D eigenvalue weighted by atomic mass is 10.1. The van der Waals surface area contributed by atoms with Crippen LogP contribution >= 0.6 is 12.2 Å². The van der Waals surface area contributed by atoms with E-state index in [1.807, 2.05) is 26.0 Å². The average molecular weight is 292 g/mol. The molecule has 108 valence electrons. The van der Waals surface area contributed by atoms with Gasteiger partial charge in [-0.3, -0.25) is 4.79 Å². The molecule has 0 aliphatic carbocycles. The third-order valence-electron chi connectivity index (χ3n) is 3.49. The van der Waals surface area contributed by atoms with Crippen LogP contribution in [0.4, 0.5) is 0 Å². The fourth-order valence-corrected chi connectivity index (χ4v) is 2.56. The van der Waals surface area contributed by atoms with Gasteiger partial charge in [0.1, 0.15) is 10.7 Å². The fourth-order valence-electron chi connectivity index (χ4n) is 2.44. The maximum absolute atomic E-state index is 11.9. The minimum absolute atomic E-state index is 0.0280. The summed E-state index contributed by atoms with van der Waals surface area (Å²) < 4.78 is 5.95. The first kappa shape index (κ1) is 14.8. The summed E-state index contributed by atoms with van der Waals surface area (Å²) in [6, 6.07) is 3.80. The summed E-state index contributed by atoms with van der Waals surface area (Å²) in [7, 11) is 0. The molecule has 1 aromatic rings. The molecule has 5 heteroatoms. The van der Waals surface area contributed by atoms with Crippen molar-refractivity contribution in [2.24, 2.45) is 5.73 Å². The van der Waals surface area contributed by atoms with Crippen molar-refractivity contribution in [1.82, 2.24) is 5.32 Å². The molecule has 1 atom stereocenters. The van der Waals surface area contributed by atoms with Crippen LogP contribution in [0, 0.1) is 13.8 Å². The first-order chi connectivity index (χ1) is 9.49. The molecule has 0 spiro atoms. The van der Waals surface area contributed by atoms with Gasteiger partial charge >= 0.3 is 0 Å². The zero-order valence-corrected chi connectivity index (χ0v) is 12.7. The third kappa shape index (κ3) is 3.28. The molecule has 0 saturated carbocycles. The van der Waals surface area contributed by atoms with Crippen molar-refractivity contribution >= 4 is 23.1 Å². The summed E-state index contributed by atoms with van der Waals surface area (Å²) in [6.45, 7) is 4.62. The van der Waals surface area contributed by atoms with E-state index in [0.29, 0.717) is 4.99 Å². The molecule has 0 bridgehead atoms. The van der Waals surface area contributed by atoms with E-state index in [1.54, 1.807) is 0 Å². The lowest BCUT2D eigenvalue weighted by molar-refractivity contribution is -0.127. The Labute approximate surface area is 124 Å². The van der Waals surface area contributed by atoms with Crippen LogP contribution in [0.15, 0.2) is 12.1 Å². The van der Waals surface area contributed by atoms with Gasteiger partial charge < -0.3 is 15.8 Å². The van der Waals surface area contributed by atoms with Crippen LogP contribution in [0.3, 0.4) is 0 Å². The highest BCUT2D eigenvalue weighted by Gasteiger charge is 2.23. The molecule has 20 heavy (non-hydrogen) atoms. The first-order valence-corrected chi connectivity index (χ1v) is 7.25. The van der Waals surface area contributed by atoms with E-state index in [9.17, 15) is 4.79 Å².